The maximum Gasteiger partial charge on any atom is 0.144 e. The van der Waals surface area contributed by atoms with Crippen molar-refractivity contribution in [2.75, 3.05) is 0 Å². The molecule has 0 aliphatic heterocycles. The second-order valence-electron chi connectivity index (χ2n) is 0.706. The SMILES string of the molecule is S=c1s[c]cs1.[I-].[Zn]. The Morgan fingerprint density at radius 1 is 1.62 bits per heavy atom. The summed E-state index contributed by atoms with van der Waals surface area (Å²) in [5.41, 5.74) is 0. The Morgan fingerprint density at radius 2 is 2.25 bits per heavy atom. The van der Waals surface area contributed by atoms with E-state index in [1.807, 2.05) is 5.38 Å². The van der Waals surface area contributed by atoms with Crippen molar-refractivity contribution in [3.05, 3.63) is 13.9 Å². The molecule has 0 aliphatic carbocycles. The van der Waals surface area contributed by atoms with Gasteiger partial charge in [-0.25, -0.2) is 0 Å². The molecule has 0 fully saturated rings. The van der Waals surface area contributed by atoms with E-state index in [1.54, 1.807) is 11.3 Å². The van der Waals surface area contributed by atoms with Gasteiger partial charge in [-0.1, -0.05) is 12.2 Å². The average Bonchev–Trinajstić information content (AvgIpc) is 1.86. The fourth-order valence-electron chi connectivity index (χ4n) is 0.168. The first-order chi connectivity index (χ1) is 2.89. The Bertz CT molecular complexity index is 152. The molecule has 0 unspecified atom stereocenters. The van der Waals surface area contributed by atoms with Gasteiger partial charge in [0.2, 0.25) is 0 Å². The predicted octanol–water partition coefficient (Wildman–Crippen LogP) is -0.659. The average molecular weight is 326 g/mol. The van der Waals surface area contributed by atoms with Gasteiger partial charge in [0.1, 0.15) is 3.14 Å². The monoisotopic (exact) mass is 324 g/mol. The Morgan fingerprint density at radius 3 is 2.38 bits per heavy atom. The van der Waals surface area contributed by atoms with Gasteiger partial charge >= 0.3 is 0 Å². The van der Waals surface area contributed by atoms with Crippen LogP contribution >= 0.6 is 34.9 Å². The molecular formula is C3HIS3Zn-. The molecule has 0 spiro atoms. The predicted molar refractivity (Wildman–Crippen MR) is 31.9 cm³/mol. The zero-order valence-electron chi connectivity index (χ0n) is 3.89. The Balaban J connectivity index is 0. The zero-order valence-corrected chi connectivity index (χ0v) is 11.5. The Hall–Kier alpha value is 1.62. The van der Waals surface area contributed by atoms with Crippen LogP contribution in [0.3, 0.4) is 0 Å². The van der Waals surface area contributed by atoms with Crippen LogP contribution in [0.4, 0.5) is 0 Å². The van der Waals surface area contributed by atoms with Gasteiger partial charge < -0.3 is 24.0 Å². The van der Waals surface area contributed by atoms with E-state index >= 15 is 0 Å². The number of halogens is 1. The van der Waals surface area contributed by atoms with E-state index in [0.717, 1.165) is 3.14 Å². The van der Waals surface area contributed by atoms with Gasteiger partial charge in [-0.3, -0.25) is 0 Å². The minimum Gasteiger partial charge on any atom is -1.00 e. The molecule has 1 aromatic rings. The van der Waals surface area contributed by atoms with Gasteiger partial charge in [0, 0.05) is 24.9 Å². The molecule has 0 aromatic carbocycles. The molecule has 0 aliphatic rings. The van der Waals surface area contributed by atoms with Gasteiger partial charge in [0.05, 0.1) is 5.38 Å². The molecule has 0 saturated carbocycles. The van der Waals surface area contributed by atoms with Crippen LogP contribution in [-0.4, -0.2) is 0 Å². The summed E-state index contributed by atoms with van der Waals surface area (Å²) >= 11 is 7.79. The summed E-state index contributed by atoms with van der Waals surface area (Å²) in [6.07, 6.45) is 0. The second kappa shape index (κ2) is 6.74. The summed E-state index contributed by atoms with van der Waals surface area (Å²) in [5, 5.41) is 4.75. The van der Waals surface area contributed by atoms with Gasteiger partial charge in [-0.05, 0) is 0 Å². The van der Waals surface area contributed by atoms with Crippen molar-refractivity contribution in [3.63, 3.8) is 0 Å². The molecule has 8 heavy (non-hydrogen) atoms. The number of hydrogen-bond donors (Lipinski definition) is 0. The smallest absolute Gasteiger partial charge is 0.144 e. The summed E-state index contributed by atoms with van der Waals surface area (Å²) in [4.78, 5) is 0. The van der Waals surface area contributed by atoms with Crippen molar-refractivity contribution < 1.29 is 43.5 Å². The van der Waals surface area contributed by atoms with Crippen molar-refractivity contribution in [1.29, 1.82) is 0 Å². The molecule has 0 bridgehead atoms. The van der Waals surface area contributed by atoms with Gasteiger partial charge in [0.25, 0.3) is 0 Å². The van der Waals surface area contributed by atoms with Crippen LogP contribution in [0.1, 0.15) is 0 Å². The molecule has 1 heterocycles. The van der Waals surface area contributed by atoms with E-state index in [4.69, 9.17) is 12.2 Å². The molecule has 0 amide bonds. The maximum absolute atomic E-state index is 4.75. The maximum atomic E-state index is 4.75. The van der Waals surface area contributed by atoms with Crippen molar-refractivity contribution in [1.82, 2.24) is 0 Å². The third-order valence-electron chi connectivity index (χ3n) is 0.346. The van der Waals surface area contributed by atoms with Crippen LogP contribution in [0.2, 0.25) is 0 Å². The Kier molecular flexibility index (Phi) is 10.4. The van der Waals surface area contributed by atoms with Gasteiger partial charge in [-0.15, -0.1) is 22.7 Å². The largest absolute Gasteiger partial charge is 1.00 e. The summed E-state index contributed by atoms with van der Waals surface area (Å²) in [6, 6.07) is 0. The quantitative estimate of drug-likeness (QED) is 0.347. The van der Waals surface area contributed by atoms with E-state index in [2.05, 4.69) is 5.38 Å². The first kappa shape index (κ1) is 12.3. The first-order valence-corrected chi connectivity index (χ1v) is 3.45. The van der Waals surface area contributed by atoms with Crippen molar-refractivity contribution in [2.24, 2.45) is 0 Å². The summed E-state index contributed by atoms with van der Waals surface area (Å²) < 4.78 is 0.954. The van der Waals surface area contributed by atoms with Crippen LogP contribution in [0.25, 0.3) is 0 Å². The third kappa shape index (κ3) is 4.50. The van der Waals surface area contributed by atoms with Gasteiger partial charge in [-0.2, -0.15) is 0 Å². The van der Waals surface area contributed by atoms with E-state index in [1.165, 1.54) is 11.3 Å². The summed E-state index contributed by atoms with van der Waals surface area (Å²) in [6.45, 7) is 0. The molecule has 0 N–H and O–H groups in total. The minimum atomic E-state index is 0. The number of hydrogen-bond acceptors (Lipinski definition) is 3. The fourth-order valence-corrected chi connectivity index (χ4v) is 1.52. The molecule has 1 rings (SSSR count). The van der Waals surface area contributed by atoms with Crippen molar-refractivity contribution in [2.45, 2.75) is 0 Å². The van der Waals surface area contributed by atoms with Crippen LogP contribution in [-0.2, 0) is 19.5 Å². The van der Waals surface area contributed by atoms with E-state index in [0.29, 0.717) is 0 Å². The standard InChI is InChI=1S/C3HS3.HI.Zn/c4-3-5-1-2-6-3;;/h1H;1H;/p-1. The van der Waals surface area contributed by atoms with E-state index in [-0.39, 0.29) is 43.5 Å². The summed E-state index contributed by atoms with van der Waals surface area (Å²) in [5.74, 6) is 0. The normalized spacial score (nSPS) is 6.50. The van der Waals surface area contributed by atoms with Gasteiger partial charge in [0.15, 0.2) is 0 Å². The van der Waals surface area contributed by atoms with Crippen LogP contribution < -0.4 is 24.0 Å². The van der Waals surface area contributed by atoms with Crippen molar-refractivity contribution >= 4 is 34.9 Å². The molecule has 1 radical (unpaired) electrons. The topological polar surface area (TPSA) is 0 Å². The van der Waals surface area contributed by atoms with E-state index < -0.39 is 0 Å². The molecule has 41 valence electrons. The second-order valence-corrected chi connectivity index (χ2v) is 3.62. The zero-order chi connectivity index (χ0) is 4.41. The van der Waals surface area contributed by atoms with E-state index in [9.17, 15) is 0 Å². The molecular weight excluding hydrogens is 325 g/mol. The van der Waals surface area contributed by atoms with Crippen LogP contribution in [0.5, 0.6) is 0 Å². The molecule has 5 heteroatoms. The van der Waals surface area contributed by atoms with Crippen LogP contribution in [0, 0.1) is 8.52 Å². The molecule has 0 nitrogen and oxygen atoms in total. The fraction of sp³-hybridized carbons (Fsp3) is 0. The summed E-state index contributed by atoms with van der Waals surface area (Å²) in [7, 11) is 0. The molecule has 0 atom stereocenters. The van der Waals surface area contributed by atoms with Crippen molar-refractivity contribution in [3.8, 4) is 0 Å². The molecule has 1 aromatic heterocycles. The number of rotatable bonds is 0. The first-order valence-electron chi connectivity index (χ1n) is 1.34. The Labute approximate surface area is 91.1 Å². The van der Waals surface area contributed by atoms with Crippen LogP contribution in [0.15, 0.2) is 5.38 Å². The molecule has 0 saturated heterocycles. The third-order valence-corrected chi connectivity index (χ3v) is 2.40. The minimum absolute atomic E-state index is 0.